The molecule has 4 heteroatoms. The van der Waals surface area contributed by atoms with Crippen LogP contribution in [0.25, 0.3) is 0 Å². The minimum absolute atomic E-state index is 0.624. The maximum atomic E-state index is 13.0. The molecule has 1 aliphatic rings. The Morgan fingerprint density at radius 3 is 2.47 bits per heavy atom. The predicted octanol–water partition coefficient (Wildman–Crippen LogP) is 3.29. The lowest BCUT2D eigenvalue weighted by Crippen LogP contribution is -2.35. The van der Waals surface area contributed by atoms with Gasteiger partial charge in [0.2, 0.25) is 6.43 Å². The van der Waals surface area contributed by atoms with Gasteiger partial charge < -0.3 is 5.73 Å². The molecule has 1 aromatic carbocycles. The molecule has 15 heavy (non-hydrogen) atoms. The van der Waals surface area contributed by atoms with Gasteiger partial charge in [-0.1, -0.05) is 28.1 Å². The van der Waals surface area contributed by atoms with Crippen molar-refractivity contribution in [3.05, 3.63) is 34.3 Å². The number of hydrogen-bond donors (Lipinski definition) is 1. The number of nitrogens with two attached hydrogens (primary N) is 1. The van der Waals surface area contributed by atoms with E-state index in [-0.39, 0.29) is 0 Å². The van der Waals surface area contributed by atoms with Crippen LogP contribution in [-0.4, -0.2) is 12.0 Å². The summed E-state index contributed by atoms with van der Waals surface area (Å²) in [6.07, 6.45) is -1.02. The molecule has 1 aromatic rings. The Kier molecular flexibility index (Phi) is 2.81. The van der Waals surface area contributed by atoms with Crippen LogP contribution >= 0.6 is 15.9 Å². The van der Waals surface area contributed by atoms with Crippen LogP contribution in [0.4, 0.5) is 8.78 Å². The molecule has 0 radical (unpaired) electrons. The van der Waals surface area contributed by atoms with E-state index in [0.29, 0.717) is 18.4 Å². The van der Waals surface area contributed by atoms with Gasteiger partial charge in [0.15, 0.2) is 0 Å². The highest BCUT2D eigenvalue weighted by Gasteiger charge is 2.50. The van der Waals surface area contributed by atoms with Crippen LogP contribution in [0.15, 0.2) is 28.7 Å². The van der Waals surface area contributed by atoms with Crippen LogP contribution in [0.3, 0.4) is 0 Å². The van der Waals surface area contributed by atoms with Crippen molar-refractivity contribution in [2.45, 2.75) is 30.7 Å². The third-order valence-corrected chi connectivity index (χ3v) is 3.40. The SMILES string of the molecule is NC1(C(c2cccc(Br)c2)C(F)F)CC1. The monoisotopic (exact) mass is 275 g/mol. The minimum Gasteiger partial charge on any atom is -0.324 e. The predicted molar refractivity (Wildman–Crippen MR) is 59.0 cm³/mol. The van der Waals surface area contributed by atoms with Crippen molar-refractivity contribution in [3.8, 4) is 0 Å². The normalized spacial score (nSPS) is 20.3. The summed E-state index contributed by atoms with van der Waals surface area (Å²) in [5.74, 6) is -0.838. The molecule has 1 unspecified atom stereocenters. The summed E-state index contributed by atoms with van der Waals surface area (Å²) in [6, 6.07) is 7.03. The average Bonchev–Trinajstić information content (AvgIpc) is 2.83. The second kappa shape index (κ2) is 3.83. The maximum absolute atomic E-state index is 13.0. The van der Waals surface area contributed by atoms with Gasteiger partial charge in [-0.3, -0.25) is 0 Å². The standard InChI is InChI=1S/C11H12BrF2N/c12-8-3-1-2-7(6-8)9(10(13)14)11(15)4-5-11/h1-3,6,9-10H,4-5,15H2. The molecule has 1 nitrogen and oxygen atoms in total. The van der Waals surface area contributed by atoms with Gasteiger partial charge in [-0.05, 0) is 30.5 Å². The quantitative estimate of drug-likeness (QED) is 0.900. The number of benzene rings is 1. The van der Waals surface area contributed by atoms with E-state index < -0.39 is 17.9 Å². The molecule has 1 atom stereocenters. The van der Waals surface area contributed by atoms with E-state index in [2.05, 4.69) is 15.9 Å². The molecular weight excluding hydrogens is 264 g/mol. The topological polar surface area (TPSA) is 26.0 Å². The zero-order valence-corrected chi connectivity index (χ0v) is 9.68. The molecule has 0 amide bonds. The first-order valence-corrected chi connectivity index (χ1v) is 5.65. The zero-order valence-electron chi connectivity index (χ0n) is 8.09. The van der Waals surface area contributed by atoms with Crippen LogP contribution < -0.4 is 5.73 Å². The lowest BCUT2D eigenvalue weighted by Gasteiger charge is -2.23. The van der Waals surface area contributed by atoms with E-state index in [1.165, 1.54) is 0 Å². The number of alkyl halides is 2. The smallest absolute Gasteiger partial charge is 0.247 e. The lowest BCUT2D eigenvalue weighted by atomic mass is 9.90. The molecule has 82 valence electrons. The largest absolute Gasteiger partial charge is 0.324 e. The van der Waals surface area contributed by atoms with Gasteiger partial charge >= 0.3 is 0 Å². The van der Waals surface area contributed by atoms with Crippen LogP contribution in [0, 0.1) is 0 Å². The Labute approximate surface area is 95.8 Å². The molecule has 0 saturated heterocycles. The highest BCUT2D eigenvalue weighted by Crippen LogP contribution is 2.48. The van der Waals surface area contributed by atoms with Gasteiger partial charge in [-0.15, -0.1) is 0 Å². The Balaban J connectivity index is 2.33. The second-order valence-corrected chi connectivity index (χ2v) is 5.02. The summed E-state index contributed by atoms with van der Waals surface area (Å²) in [5, 5.41) is 0. The maximum Gasteiger partial charge on any atom is 0.247 e. The summed E-state index contributed by atoms with van der Waals surface area (Å²) in [7, 11) is 0. The van der Waals surface area contributed by atoms with Crippen LogP contribution in [0.2, 0.25) is 0 Å². The fraction of sp³-hybridized carbons (Fsp3) is 0.455. The molecule has 0 bridgehead atoms. The average molecular weight is 276 g/mol. The van der Waals surface area contributed by atoms with Gasteiger partial charge in [0.1, 0.15) is 0 Å². The number of hydrogen-bond acceptors (Lipinski definition) is 1. The molecule has 0 aromatic heterocycles. The Hall–Kier alpha value is -0.480. The molecule has 1 aliphatic carbocycles. The van der Waals surface area contributed by atoms with Crippen molar-refractivity contribution in [1.82, 2.24) is 0 Å². The van der Waals surface area contributed by atoms with Gasteiger partial charge in [0.05, 0.1) is 5.92 Å². The second-order valence-electron chi connectivity index (χ2n) is 4.10. The summed E-state index contributed by atoms with van der Waals surface area (Å²) in [6.45, 7) is 0. The van der Waals surface area contributed by atoms with E-state index in [9.17, 15) is 8.78 Å². The molecule has 2 rings (SSSR count). The number of rotatable bonds is 3. The fourth-order valence-electron chi connectivity index (χ4n) is 1.88. The fourth-order valence-corrected chi connectivity index (χ4v) is 2.30. The Morgan fingerprint density at radius 1 is 1.33 bits per heavy atom. The Morgan fingerprint density at radius 2 is 2.00 bits per heavy atom. The minimum atomic E-state index is -2.40. The van der Waals surface area contributed by atoms with Gasteiger partial charge in [-0.2, -0.15) is 0 Å². The van der Waals surface area contributed by atoms with E-state index in [1.54, 1.807) is 18.2 Å². The summed E-state index contributed by atoms with van der Waals surface area (Å²) < 4.78 is 26.7. The van der Waals surface area contributed by atoms with Crippen molar-refractivity contribution < 1.29 is 8.78 Å². The lowest BCUT2D eigenvalue weighted by molar-refractivity contribution is 0.0975. The third kappa shape index (κ3) is 2.21. The molecule has 2 N–H and O–H groups in total. The van der Waals surface area contributed by atoms with E-state index in [1.807, 2.05) is 6.07 Å². The summed E-state index contributed by atoms with van der Waals surface area (Å²) in [5.41, 5.74) is 5.82. The van der Waals surface area contributed by atoms with Crippen molar-refractivity contribution in [2.75, 3.05) is 0 Å². The van der Waals surface area contributed by atoms with Gasteiger partial charge in [0, 0.05) is 10.0 Å². The van der Waals surface area contributed by atoms with Crippen molar-refractivity contribution in [2.24, 2.45) is 5.73 Å². The molecule has 0 heterocycles. The Bertz CT molecular complexity index is 363. The molecule has 1 fully saturated rings. The van der Waals surface area contributed by atoms with Crippen LogP contribution in [-0.2, 0) is 0 Å². The molecule has 1 saturated carbocycles. The first-order chi connectivity index (χ1) is 7.03. The number of halogens is 3. The van der Waals surface area contributed by atoms with Crippen LogP contribution in [0.1, 0.15) is 24.3 Å². The zero-order chi connectivity index (χ0) is 11.1. The third-order valence-electron chi connectivity index (χ3n) is 2.91. The van der Waals surface area contributed by atoms with Crippen molar-refractivity contribution in [3.63, 3.8) is 0 Å². The van der Waals surface area contributed by atoms with Crippen LogP contribution in [0.5, 0.6) is 0 Å². The van der Waals surface area contributed by atoms with E-state index in [0.717, 1.165) is 4.47 Å². The highest BCUT2D eigenvalue weighted by atomic mass is 79.9. The van der Waals surface area contributed by atoms with Gasteiger partial charge in [-0.25, -0.2) is 8.78 Å². The van der Waals surface area contributed by atoms with Gasteiger partial charge in [0.25, 0.3) is 0 Å². The first-order valence-electron chi connectivity index (χ1n) is 4.85. The highest BCUT2D eigenvalue weighted by molar-refractivity contribution is 9.10. The van der Waals surface area contributed by atoms with Crippen molar-refractivity contribution in [1.29, 1.82) is 0 Å². The summed E-state index contributed by atoms with van der Waals surface area (Å²) in [4.78, 5) is 0. The van der Waals surface area contributed by atoms with E-state index >= 15 is 0 Å². The molecule has 0 aliphatic heterocycles. The first kappa shape index (κ1) is 11.0. The molecule has 0 spiro atoms. The van der Waals surface area contributed by atoms with Crippen molar-refractivity contribution >= 4 is 15.9 Å². The van der Waals surface area contributed by atoms with E-state index in [4.69, 9.17) is 5.73 Å². The molecular formula is C11H12BrF2N. The summed E-state index contributed by atoms with van der Waals surface area (Å²) >= 11 is 3.28.